The van der Waals surface area contributed by atoms with Crippen LogP contribution >= 0.6 is 0 Å². The van der Waals surface area contributed by atoms with Gasteiger partial charge in [-0.05, 0) is 42.3 Å². The highest BCUT2D eigenvalue weighted by atomic mass is 32.2. The van der Waals surface area contributed by atoms with Crippen LogP contribution < -0.4 is 4.72 Å². The number of rotatable bonds is 7. The Morgan fingerprint density at radius 1 is 0.875 bits per heavy atom. The van der Waals surface area contributed by atoms with Crippen molar-refractivity contribution >= 4 is 31.4 Å². The van der Waals surface area contributed by atoms with Crippen LogP contribution in [-0.4, -0.2) is 32.7 Å². The highest BCUT2D eigenvalue weighted by Crippen LogP contribution is 2.37. The Bertz CT molecular complexity index is 1320. The number of anilines is 1. The Labute approximate surface area is 188 Å². The number of hydrazone groups is 1. The van der Waals surface area contributed by atoms with Gasteiger partial charge in [0, 0.05) is 12.1 Å². The Morgan fingerprint density at radius 2 is 1.47 bits per heavy atom. The third-order valence-corrected chi connectivity index (χ3v) is 8.22. The summed E-state index contributed by atoms with van der Waals surface area (Å²) in [7, 11) is -7.23. The van der Waals surface area contributed by atoms with E-state index in [0.29, 0.717) is 17.8 Å². The average Bonchev–Trinajstić information content (AvgIpc) is 3.27. The summed E-state index contributed by atoms with van der Waals surface area (Å²) in [5, 5.41) is 4.51. The number of nitrogens with zero attached hydrogens (tertiary/aromatic N) is 2. The van der Waals surface area contributed by atoms with Crippen LogP contribution in [0.2, 0.25) is 0 Å². The van der Waals surface area contributed by atoms with Crippen molar-refractivity contribution in [1.29, 1.82) is 0 Å². The Kier molecular flexibility index (Phi) is 6.03. The van der Waals surface area contributed by atoms with Crippen LogP contribution in [0.15, 0.2) is 94.9 Å². The molecule has 3 aromatic carbocycles. The molecule has 1 N–H and O–H groups in total. The van der Waals surface area contributed by atoms with E-state index in [4.69, 9.17) is 0 Å². The molecule has 0 aromatic heterocycles. The summed E-state index contributed by atoms with van der Waals surface area (Å²) >= 11 is 0. The van der Waals surface area contributed by atoms with Gasteiger partial charge in [0.2, 0.25) is 10.0 Å². The minimum atomic E-state index is -3.86. The van der Waals surface area contributed by atoms with Gasteiger partial charge in [0.25, 0.3) is 10.0 Å². The Balaban J connectivity index is 1.70. The van der Waals surface area contributed by atoms with E-state index in [1.54, 1.807) is 61.5 Å². The van der Waals surface area contributed by atoms with Crippen molar-refractivity contribution in [2.75, 3.05) is 10.5 Å². The van der Waals surface area contributed by atoms with Crippen LogP contribution in [0.3, 0.4) is 0 Å². The van der Waals surface area contributed by atoms with Crippen LogP contribution in [-0.2, 0) is 20.0 Å². The van der Waals surface area contributed by atoms with Crippen molar-refractivity contribution in [2.24, 2.45) is 5.10 Å². The van der Waals surface area contributed by atoms with E-state index in [0.717, 1.165) is 11.1 Å². The molecule has 0 saturated heterocycles. The minimum absolute atomic E-state index is 0.0213. The van der Waals surface area contributed by atoms with Gasteiger partial charge in [-0.3, -0.25) is 4.72 Å². The van der Waals surface area contributed by atoms with Crippen LogP contribution in [0.25, 0.3) is 0 Å². The van der Waals surface area contributed by atoms with E-state index in [9.17, 15) is 16.8 Å². The molecule has 0 saturated carbocycles. The summed E-state index contributed by atoms with van der Waals surface area (Å²) < 4.78 is 54.0. The van der Waals surface area contributed by atoms with E-state index >= 15 is 0 Å². The van der Waals surface area contributed by atoms with Gasteiger partial charge in [0.1, 0.15) is 0 Å². The number of hydrogen-bond donors (Lipinski definition) is 1. The van der Waals surface area contributed by atoms with Crippen LogP contribution in [0, 0.1) is 0 Å². The molecule has 0 fully saturated rings. The fourth-order valence-corrected chi connectivity index (χ4v) is 5.58. The van der Waals surface area contributed by atoms with Crippen molar-refractivity contribution in [3.05, 3.63) is 96.1 Å². The second-order valence-electron chi connectivity index (χ2n) is 7.35. The molecule has 0 spiro atoms. The molecule has 9 heteroatoms. The first kappa shape index (κ1) is 22.0. The van der Waals surface area contributed by atoms with Crippen molar-refractivity contribution < 1.29 is 16.8 Å². The normalized spacial score (nSPS) is 16.6. The second-order valence-corrected chi connectivity index (χ2v) is 11.2. The van der Waals surface area contributed by atoms with Gasteiger partial charge >= 0.3 is 0 Å². The smallest absolute Gasteiger partial charge is 0.279 e. The third-order valence-electron chi connectivity index (χ3n) is 5.22. The molecule has 1 heterocycles. The van der Waals surface area contributed by atoms with Crippen LogP contribution in [0.1, 0.15) is 30.5 Å². The third kappa shape index (κ3) is 4.53. The maximum Gasteiger partial charge on any atom is 0.279 e. The molecule has 0 aliphatic carbocycles. The zero-order valence-corrected chi connectivity index (χ0v) is 19.1. The van der Waals surface area contributed by atoms with Crippen LogP contribution in [0.4, 0.5) is 5.69 Å². The first-order valence-electron chi connectivity index (χ1n) is 10.1. The molecule has 0 amide bonds. The van der Waals surface area contributed by atoms with Crippen molar-refractivity contribution in [2.45, 2.75) is 24.3 Å². The molecule has 7 nitrogen and oxygen atoms in total. The summed E-state index contributed by atoms with van der Waals surface area (Å²) in [6.07, 6.45) is 0.399. The van der Waals surface area contributed by atoms with E-state index < -0.39 is 26.1 Å². The zero-order chi connectivity index (χ0) is 22.8. The molecular weight excluding hydrogens is 446 g/mol. The van der Waals surface area contributed by atoms with E-state index in [2.05, 4.69) is 9.82 Å². The van der Waals surface area contributed by atoms with Crippen molar-refractivity contribution in [3.63, 3.8) is 0 Å². The summed E-state index contributed by atoms with van der Waals surface area (Å²) in [6, 6.07) is 23.9. The minimum Gasteiger partial charge on any atom is -0.284 e. The van der Waals surface area contributed by atoms with Gasteiger partial charge < -0.3 is 0 Å². The molecule has 1 atom stereocenters. The molecule has 1 aliphatic heterocycles. The summed E-state index contributed by atoms with van der Waals surface area (Å²) in [5.74, 6) is -0.0213. The molecular formula is C23H23N3O4S2. The standard InChI is InChI=1S/C23H23N3O4S2/c1-2-31(27,28)25-20-15-13-18(14-16-20)22-17-23(19-9-5-3-6-10-19)26(24-22)32(29,30)21-11-7-4-8-12-21/h3-16,23,25H,2,17H2,1H3. The van der Waals surface area contributed by atoms with Gasteiger partial charge in [-0.25, -0.2) is 8.42 Å². The van der Waals surface area contributed by atoms with Gasteiger partial charge in [0.05, 0.1) is 22.4 Å². The molecule has 1 aliphatic rings. The van der Waals surface area contributed by atoms with Crippen LogP contribution in [0.5, 0.6) is 0 Å². The quantitative estimate of drug-likeness (QED) is 0.566. The van der Waals surface area contributed by atoms with E-state index in [-0.39, 0.29) is 10.6 Å². The first-order chi connectivity index (χ1) is 15.3. The number of sulfonamides is 2. The number of nitrogens with one attached hydrogen (secondary N) is 1. The molecule has 3 aromatic rings. The van der Waals surface area contributed by atoms with Gasteiger partial charge in [-0.2, -0.15) is 17.9 Å². The molecule has 1 unspecified atom stereocenters. The topological polar surface area (TPSA) is 95.9 Å². The lowest BCUT2D eigenvalue weighted by Gasteiger charge is -2.23. The Morgan fingerprint density at radius 3 is 2.06 bits per heavy atom. The van der Waals surface area contributed by atoms with Crippen molar-refractivity contribution in [3.8, 4) is 0 Å². The predicted octanol–water partition coefficient (Wildman–Crippen LogP) is 3.99. The number of benzene rings is 3. The second kappa shape index (κ2) is 8.76. The number of hydrogen-bond acceptors (Lipinski definition) is 5. The highest BCUT2D eigenvalue weighted by Gasteiger charge is 2.37. The van der Waals surface area contributed by atoms with Crippen molar-refractivity contribution in [1.82, 2.24) is 4.41 Å². The molecule has 166 valence electrons. The lowest BCUT2D eigenvalue weighted by Crippen LogP contribution is -2.27. The largest absolute Gasteiger partial charge is 0.284 e. The Hall–Kier alpha value is -3.17. The van der Waals surface area contributed by atoms with Gasteiger partial charge in [-0.15, -0.1) is 0 Å². The molecule has 0 radical (unpaired) electrons. The molecule has 32 heavy (non-hydrogen) atoms. The lowest BCUT2D eigenvalue weighted by atomic mass is 9.99. The maximum atomic E-state index is 13.4. The monoisotopic (exact) mass is 469 g/mol. The maximum absolute atomic E-state index is 13.4. The lowest BCUT2D eigenvalue weighted by molar-refractivity contribution is 0.371. The van der Waals surface area contributed by atoms with E-state index in [1.165, 1.54) is 4.41 Å². The average molecular weight is 470 g/mol. The summed E-state index contributed by atoms with van der Waals surface area (Å²) in [4.78, 5) is 0.176. The van der Waals surface area contributed by atoms with Gasteiger partial charge in [0.15, 0.2) is 0 Å². The summed E-state index contributed by atoms with van der Waals surface area (Å²) in [5.41, 5.74) is 2.64. The molecule has 4 rings (SSSR count). The fraction of sp³-hybridized carbons (Fsp3) is 0.174. The SMILES string of the molecule is CCS(=O)(=O)Nc1ccc(C2=NN(S(=O)(=O)c3ccccc3)C(c3ccccc3)C2)cc1. The predicted molar refractivity (Wildman–Crippen MR) is 125 cm³/mol. The highest BCUT2D eigenvalue weighted by molar-refractivity contribution is 7.92. The van der Waals surface area contributed by atoms with E-state index in [1.807, 2.05) is 30.3 Å². The van der Waals surface area contributed by atoms with Gasteiger partial charge in [-0.1, -0.05) is 60.7 Å². The molecule has 0 bridgehead atoms. The zero-order valence-electron chi connectivity index (χ0n) is 17.4. The first-order valence-corrected chi connectivity index (χ1v) is 13.2. The summed E-state index contributed by atoms with van der Waals surface area (Å²) in [6.45, 7) is 1.56. The fourth-order valence-electron chi connectivity index (χ4n) is 3.49.